The quantitative estimate of drug-likeness (QED) is 0.452. The van der Waals surface area contributed by atoms with Gasteiger partial charge in [-0.1, -0.05) is 6.58 Å². The Labute approximate surface area is 86.2 Å². The first-order valence-electron chi connectivity index (χ1n) is 2.67. The summed E-state index contributed by atoms with van der Waals surface area (Å²) in [5.41, 5.74) is -0.0672. The zero-order valence-corrected chi connectivity index (χ0v) is 5.33. The van der Waals surface area contributed by atoms with Crippen LogP contribution in [0.3, 0.4) is 0 Å². The van der Waals surface area contributed by atoms with Crippen LogP contribution in [0.25, 0.3) is 0 Å². The van der Waals surface area contributed by atoms with Crippen molar-refractivity contribution in [3.8, 4) is 0 Å². The molecule has 11 heavy (non-hydrogen) atoms. The summed E-state index contributed by atoms with van der Waals surface area (Å²) in [4.78, 5) is 19.9. The molecular formula is C6H9NaO4. The van der Waals surface area contributed by atoms with E-state index in [2.05, 4.69) is 6.58 Å². The minimum atomic E-state index is -1.14. The van der Waals surface area contributed by atoms with Crippen molar-refractivity contribution in [1.82, 2.24) is 0 Å². The first kappa shape index (κ1) is 13.3. The second-order valence-corrected chi connectivity index (χ2v) is 1.80. The van der Waals surface area contributed by atoms with Crippen LogP contribution < -0.4 is 0 Å². The third kappa shape index (κ3) is 7.58. The molecule has 0 aromatic heterocycles. The van der Waals surface area contributed by atoms with E-state index in [1.165, 1.54) is 0 Å². The SMILES string of the molecule is C=C(CCC(=O)O)C(=O)O.[NaH]. The first-order chi connectivity index (χ1) is 4.54. The van der Waals surface area contributed by atoms with Gasteiger partial charge < -0.3 is 10.2 Å². The summed E-state index contributed by atoms with van der Waals surface area (Å²) in [7, 11) is 0. The topological polar surface area (TPSA) is 74.6 Å². The molecule has 4 nitrogen and oxygen atoms in total. The van der Waals surface area contributed by atoms with Crippen LogP contribution in [0.4, 0.5) is 0 Å². The van der Waals surface area contributed by atoms with Crippen molar-refractivity contribution in [2.24, 2.45) is 0 Å². The average molecular weight is 168 g/mol. The molecule has 0 aliphatic carbocycles. The van der Waals surface area contributed by atoms with E-state index in [9.17, 15) is 9.59 Å². The van der Waals surface area contributed by atoms with Gasteiger partial charge in [-0.3, -0.25) is 4.79 Å². The van der Waals surface area contributed by atoms with Gasteiger partial charge in [-0.15, -0.1) is 0 Å². The van der Waals surface area contributed by atoms with Gasteiger partial charge in [0.2, 0.25) is 0 Å². The molecule has 0 saturated carbocycles. The molecular weight excluding hydrogens is 159 g/mol. The molecule has 0 atom stereocenters. The first-order valence-corrected chi connectivity index (χ1v) is 2.67. The molecule has 0 aromatic carbocycles. The van der Waals surface area contributed by atoms with E-state index < -0.39 is 11.9 Å². The monoisotopic (exact) mass is 168 g/mol. The van der Waals surface area contributed by atoms with Gasteiger partial charge in [-0.25, -0.2) is 4.79 Å². The Morgan fingerprint density at radius 1 is 1.18 bits per heavy atom. The van der Waals surface area contributed by atoms with Gasteiger partial charge >= 0.3 is 41.5 Å². The van der Waals surface area contributed by atoms with E-state index in [1.807, 2.05) is 0 Å². The van der Waals surface area contributed by atoms with Crippen molar-refractivity contribution < 1.29 is 19.8 Å². The van der Waals surface area contributed by atoms with Crippen LogP contribution >= 0.6 is 0 Å². The van der Waals surface area contributed by atoms with E-state index in [0.717, 1.165) is 0 Å². The van der Waals surface area contributed by atoms with Crippen LogP contribution in [0.15, 0.2) is 12.2 Å². The predicted octanol–water partition coefficient (Wildman–Crippen LogP) is -0.156. The normalized spacial score (nSPS) is 8.00. The Hall–Kier alpha value is -0.320. The number of carbonyl (C=O) groups is 2. The number of aliphatic carboxylic acids is 2. The van der Waals surface area contributed by atoms with Crippen LogP contribution in [0.5, 0.6) is 0 Å². The van der Waals surface area contributed by atoms with E-state index >= 15 is 0 Å². The fourth-order valence-electron chi connectivity index (χ4n) is 0.365. The average Bonchev–Trinajstić information content (AvgIpc) is 1.82. The maximum atomic E-state index is 10.0. The van der Waals surface area contributed by atoms with Crippen LogP contribution in [0, 0.1) is 0 Å². The van der Waals surface area contributed by atoms with Crippen LogP contribution in [-0.2, 0) is 9.59 Å². The van der Waals surface area contributed by atoms with Gasteiger partial charge in [0.05, 0.1) is 0 Å². The molecule has 0 aromatic rings. The van der Waals surface area contributed by atoms with Gasteiger partial charge in [0.1, 0.15) is 0 Å². The summed E-state index contributed by atoms with van der Waals surface area (Å²) in [6, 6.07) is 0. The van der Waals surface area contributed by atoms with Gasteiger partial charge in [0.15, 0.2) is 0 Å². The zero-order valence-electron chi connectivity index (χ0n) is 5.33. The molecule has 0 aliphatic rings. The molecule has 0 heterocycles. The van der Waals surface area contributed by atoms with Gasteiger partial charge in [0, 0.05) is 12.0 Å². The Morgan fingerprint density at radius 2 is 1.64 bits per heavy atom. The summed E-state index contributed by atoms with van der Waals surface area (Å²) in [6.07, 6.45) is -0.171. The van der Waals surface area contributed by atoms with Crippen LogP contribution in [-0.4, -0.2) is 51.7 Å². The molecule has 0 spiro atoms. The fourth-order valence-corrected chi connectivity index (χ4v) is 0.365. The molecule has 0 bridgehead atoms. The van der Waals surface area contributed by atoms with Crippen molar-refractivity contribution in [3.05, 3.63) is 12.2 Å². The Morgan fingerprint density at radius 3 is 1.91 bits per heavy atom. The van der Waals surface area contributed by atoms with Gasteiger partial charge in [0.25, 0.3) is 0 Å². The Kier molecular flexibility index (Phi) is 7.72. The van der Waals surface area contributed by atoms with Crippen molar-refractivity contribution in [2.75, 3.05) is 0 Å². The predicted molar refractivity (Wildman–Crippen MR) is 40.8 cm³/mol. The van der Waals surface area contributed by atoms with Crippen LogP contribution in [0.2, 0.25) is 0 Å². The third-order valence-corrected chi connectivity index (χ3v) is 0.943. The second-order valence-electron chi connectivity index (χ2n) is 1.80. The van der Waals surface area contributed by atoms with E-state index in [0.29, 0.717) is 0 Å². The number of hydrogen-bond acceptors (Lipinski definition) is 2. The van der Waals surface area contributed by atoms with E-state index in [-0.39, 0.29) is 48.0 Å². The van der Waals surface area contributed by atoms with Crippen molar-refractivity contribution in [2.45, 2.75) is 12.8 Å². The molecule has 0 unspecified atom stereocenters. The van der Waals surface area contributed by atoms with Crippen molar-refractivity contribution in [1.29, 1.82) is 0 Å². The number of carboxylic acids is 2. The summed E-state index contributed by atoms with van der Waals surface area (Å²) in [5, 5.41) is 16.3. The van der Waals surface area contributed by atoms with Crippen molar-refractivity contribution in [3.63, 3.8) is 0 Å². The van der Waals surface area contributed by atoms with Crippen molar-refractivity contribution >= 4 is 41.5 Å². The second kappa shape index (κ2) is 6.39. The van der Waals surface area contributed by atoms with E-state index in [4.69, 9.17) is 10.2 Å². The number of rotatable bonds is 4. The number of carboxylic acid groups (broad SMARTS) is 2. The third-order valence-electron chi connectivity index (χ3n) is 0.943. The minimum absolute atomic E-state index is 0. The van der Waals surface area contributed by atoms with Crippen LogP contribution in [0.1, 0.15) is 12.8 Å². The van der Waals surface area contributed by atoms with Gasteiger partial charge in [-0.05, 0) is 6.42 Å². The summed E-state index contributed by atoms with van der Waals surface area (Å²) < 4.78 is 0. The summed E-state index contributed by atoms with van der Waals surface area (Å²) in [5.74, 6) is -2.15. The molecule has 0 radical (unpaired) electrons. The fraction of sp³-hybridized carbons (Fsp3) is 0.333. The molecule has 2 N–H and O–H groups in total. The molecule has 0 rings (SSSR count). The maximum absolute atomic E-state index is 10.0. The molecule has 0 aliphatic heterocycles. The molecule has 5 heteroatoms. The van der Waals surface area contributed by atoms with Gasteiger partial charge in [-0.2, -0.15) is 0 Å². The molecule has 0 amide bonds. The zero-order chi connectivity index (χ0) is 8.15. The summed E-state index contributed by atoms with van der Waals surface area (Å²) >= 11 is 0. The summed E-state index contributed by atoms with van der Waals surface area (Å²) in [6.45, 7) is 3.16. The Balaban J connectivity index is 0. The molecule has 58 valence electrons. The number of hydrogen-bond donors (Lipinski definition) is 2. The Bertz CT molecular complexity index is 175. The molecule has 0 saturated heterocycles. The van der Waals surface area contributed by atoms with E-state index in [1.54, 1.807) is 0 Å². The standard InChI is InChI=1S/C6H8O4.Na.H/c1-4(6(9)10)2-3-5(7)8;;/h1-3H2,(H,7,8)(H,9,10);;. The molecule has 0 fully saturated rings.